The molecule has 0 bridgehead atoms. The molecule has 4 nitrogen and oxygen atoms in total. The molecule has 0 amide bonds. The highest BCUT2D eigenvalue weighted by Crippen LogP contribution is 2.11. The van der Waals surface area contributed by atoms with Gasteiger partial charge in [-0.1, -0.05) is 31.4 Å². The minimum atomic E-state index is 0.0556. The van der Waals surface area contributed by atoms with Crippen LogP contribution in [0, 0.1) is 0 Å². The molecule has 0 aliphatic rings. The first-order valence-corrected chi connectivity index (χ1v) is 7.28. The van der Waals surface area contributed by atoms with Crippen molar-refractivity contribution in [2.45, 2.75) is 38.7 Å². The van der Waals surface area contributed by atoms with E-state index in [-0.39, 0.29) is 6.61 Å². The second-order valence-corrected chi connectivity index (χ2v) is 4.69. The van der Waals surface area contributed by atoms with Gasteiger partial charge in [-0.25, -0.2) is 0 Å². The van der Waals surface area contributed by atoms with Crippen LogP contribution in [-0.2, 0) is 6.61 Å². The van der Waals surface area contributed by atoms with Gasteiger partial charge in [-0.05, 0) is 30.5 Å². The third kappa shape index (κ3) is 7.92. The Labute approximate surface area is 121 Å². The Kier molecular flexibility index (Phi) is 9.53. The quantitative estimate of drug-likeness (QED) is 0.483. The number of aliphatic hydroxyl groups is 2. The van der Waals surface area contributed by atoms with E-state index in [1.807, 2.05) is 24.3 Å². The van der Waals surface area contributed by atoms with E-state index >= 15 is 0 Å². The van der Waals surface area contributed by atoms with E-state index in [9.17, 15) is 0 Å². The molecular formula is C16H25NO3. The Morgan fingerprint density at radius 2 is 1.65 bits per heavy atom. The molecule has 1 aromatic carbocycles. The second-order valence-electron chi connectivity index (χ2n) is 4.69. The van der Waals surface area contributed by atoms with Crippen molar-refractivity contribution in [2.75, 3.05) is 19.8 Å². The van der Waals surface area contributed by atoms with E-state index in [1.165, 1.54) is 12.8 Å². The molecule has 0 spiro atoms. The molecule has 0 fully saturated rings. The number of unbranched alkanes of at least 4 members (excludes halogenated alkanes) is 4. The number of ether oxygens (including phenoxy) is 1. The third-order valence-corrected chi connectivity index (χ3v) is 3.00. The topological polar surface area (TPSA) is 62.1 Å². The molecular weight excluding hydrogens is 254 g/mol. The number of hydrogen-bond acceptors (Lipinski definition) is 4. The molecule has 4 heteroatoms. The molecule has 0 atom stereocenters. The van der Waals surface area contributed by atoms with Crippen molar-refractivity contribution < 1.29 is 14.9 Å². The number of aliphatic hydroxyl groups excluding tert-OH is 2. The first-order chi connectivity index (χ1) is 9.86. The fourth-order valence-electron chi connectivity index (χ4n) is 1.81. The summed E-state index contributed by atoms with van der Waals surface area (Å²) in [4.78, 5) is 4.30. The van der Waals surface area contributed by atoms with Crippen molar-refractivity contribution in [1.82, 2.24) is 0 Å². The van der Waals surface area contributed by atoms with E-state index in [0.717, 1.165) is 37.1 Å². The van der Waals surface area contributed by atoms with Gasteiger partial charge in [0.1, 0.15) is 12.4 Å². The predicted octanol–water partition coefficient (Wildman–Crippen LogP) is 2.57. The highest BCUT2D eigenvalue weighted by atomic mass is 16.5. The highest BCUT2D eigenvalue weighted by Gasteiger charge is 1.93. The average molecular weight is 279 g/mol. The maximum Gasteiger partial charge on any atom is 0.123 e. The lowest BCUT2D eigenvalue weighted by Gasteiger charge is -2.03. The minimum Gasteiger partial charge on any atom is -0.488 e. The summed E-state index contributed by atoms with van der Waals surface area (Å²) in [5.41, 5.74) is 0.882. The van der Waals surface area contributed by atoms with E-state index < -0.39 is 0 Å². The molecule has 112 valence electrons. The maximum atomic E-state index is 8.92. The Balaban J connectivity index is 2.01. The van der Waals surface area contributed by atoms with E-state index in [0.29, 0.717) is 13.2 Å². The van der Waals surface area contributed by atoms with E-state index in [1.54, 1.807) is 6.21 Å². The fraction of sp³-hybridized carbons (Fsp3) is 0.562. The van der Waals surface area contributed by atoms with Crippen LogP contribution >= 0.6 is 0 Å². The molecule has 0 saturated carbocycles. The summed E-state index contributed by atoms with van der Waals surface area (Å²) in [6.07, 6.45) is 7.24. The zero-order valence-corrected chi connectivity index (χ0v) is 12.0. The summed E-state index contributed by atoms with van der Waals surface area (Å²) < 4.78 is 5.51. The Morgan fingerprint density at radius 3 is 2.35 bits per heavy atom. The zero-order chi connectivity index (χ0) is 14.5. The van der Waals surface area contributed by atoms with Gasteiger partial charge in [0.2, 0.25) is 0 Å². The van der Waals surface area contributed by atoms with E-state index in [4.69, 9.17) is 14.9 Å². The Morgan fingerprint density at radius 1 is 0.950 bits per heavy atom. The van der Waals surface area contributed by atoms with Gasteiger partial charge in [0, 0.05) is 19.4 Å². The number of rotatable bonds is 11. The SMILES string of the molecule is OCCCCCCCN=CCOc1ccc(CO)cc1. The van der Waals surface area contributed by atoms with Crippen molar-refractivity contribution in [1.29, 1.82) is 0 Å². The normalized spacial score (nSPS) is 11.1. The van der Waals surface area contributed by atoms with Gasteiger partial charge < -0.3 is 14.9 Å². The van der Waals surface area contributed by atoms with E-state index in [2.05, 4.69) is 4.99 Å². The Bertz CT molecular complexity index is 362. The number of nitrogens with zero attached hydrogens (tertiary/aromatic N) is 1. The van der Waals surface area contributed by atoms with Crippen LogP contribution in [0.2, 0.25) is 0 Å². The molecule has 0 saturated heterocycles. The van der Waals surface area contributed by atoms with Gasteiger partial charge in [-0.15, -0.1) is 0 Å². The standard InChI is InChI=1S/C16H25NO3/c18-12-5-3-1-2-4-10-17-11-13-20-16-8-6-15(14-19)7-9-16/h6-9,11,18-19H,1-5,10,12-14H2. The maximum absolute atomic E-state index is 8.92. The van der Waals surface area contributed by atoms with Crippen LogP contribution in [0.1, 0.15) is 37.7 Å². The lowest BCUT2D eigenvalue weighted by Crippen LogP contribution is -1.99. The Hall–Kier alpha value is -1.39. The second kappa shape index (κ2) is 11.4. The van der Waals surface area contributed by atoms with Crippen molar-refractivity contribution in [3.63, 3.8) is 0 Å². The molecule has 0 aliphatic carbocycles. The fourth-order valence-corrected chi connectivity index (χ4v) is 1.81. The molecule has 1 aromatic rings. The first kappa shape index (κ1) is 16.7. The van der Waals surface area contributed by atoms with Gasteiger partial charge in [0.05, 0.1) is 6.61 Å². The smallest absolute Gasteiger partial charge is 0.123 e. The van der Waals surface area contributed by atoms with Crippen LogP contribution < -0.4 is 4.74 Å². The van der Waals surface area contributed by atoms with Crippen molar-refractivity contribution in [2.24, 2.45) is 4.99 Å². The van der Waals surface area contributed by atoms with Crippen LogP contribution in [0.4, 0.5) is 0 Å². The third-order valence-electron chi connectivity index (χ3n) is 3.00. The summed E-state index contributed by atoms with van der Waals surface area (Å²) in [6.45, 7) is 1.67. The molecule has 0 heterocycles. The average Bonchev–Trinajstić information content (AvgIpc) is 2.50. The number of benzene rings is 1. The lowest BCUT2D eigenvalue weighted by molar-refractivity contribution is 0.281. The van der Waals surface area contributed by atoms with Crippen LogP contribution in [0.15, 0.2) is 29.3 Å². The predicted molar refractivity (Wildman–Crippen MR) is 81.4 cm³/mol. The van der Waals surface area contributed by atoms with Gasteiger partial charge in [0.25, 0.3) is 0 Å². The van der Waals surface area contributed by atoms with Gasteiger partial charge >= 0.3 is 0 Å². The summed E-state index contributed by atoms with van der Waals surface area (Å²) in [6, 6.07) is 7.39. The summed E-state index contributed by atoms with van der Waals surface area (Å²) in [5, 5.41) is 17.6. The lowest BCUT2D eigenvalue weighted by atomic mass is 10.1. The molecule has 1 rings (SSSR count). The van der Waals surface area contributed by atoms with Crippen LogP contribution in [-0.4, -0.2) is 36.2 Å². The molecule has 0 aliphatic heterocycles. The summed E-state index contributed by atoms with van der Waals surface area (Å²) >= 11 is 0. The number of hydrogen-bond donors (Lipinski definition) is 2. The molecule has 0 unspecified atom stereocenters. The van der Waals surface area contributed by atoms with Crippen molar-refractivity contribution in [3.05, 3.63) is 29.8 Å². The van der Waals surface area contributed by atoms with Crippen molar-refractivity contribution >= 4 is 6.21 Å². The number of aliphatic imine (C=N–C) groups is 1. The highest BCUT2D eigenvalue weighted by molar-refractivity contribution is 5.59. The van der Waals surface area contributed by atoms with Crippen molar-refractivity contribution in [3.8, 4) is 5.75 Å². The van der Waals surface area contributed by atoms with Crippen LogP contribution in [0.5, 0.6) is 5.75 Å². The summed E-state index contributed by atoms with van der Waals surface area (Å²) in [7, 11) is 0. The summed E-state index contributed by atoms with van der Waals surface area (Å²) in [5.74, 6) is 0.789. The molecule has 0 aromatic heterocycles. The first-order valence-electron chi connectivity index (χ1n) is 7.28. The van der Waals surface area contributed by atoms with Gasteiger partial charge in [0.15, 0.2) is 0 Å². The molecule has 20 heavy (non-hydrogen) atoms. The zero-order valence-electron chi connectivity index (χ0n) is 12.0. The molecule has 2 N–H and O–H groups in total. The monoisotopic (exact) mass is 279 g/mol. The van der Waals surface area contributed by atoms with Gasteiger partial charge in [-0.2, -0.15) is 0 Å². The van der Waals surface area contributed by atoms with Crippen LogP contribution in [0.25, 0.3) is 0 Å². The largest absolute Gasteiger partial charge is 0.488 e. The minimum absolute atomic E-state index is 0.0556. The van der Waals surface area contributed by atoms with Crippen LogP contribution in [0.3, 0.4) is 0 Å². The molecule has 0 radical (unpaired) electrons. The van der Waals surface area contributed by atoms with Gasteiger partial charge in [-0.3, -0.25) is 4.99 Å².